The number of hydrogen-bond donors (Lipinski definition) is 4. The van der Waals surface area contributed by atoms with Crippen molar-refractivity contribution in [1.29, 1.82) is 0 Å². The topological polar surface area (TPSA) is 107 Å². The second kappa shape index (κ2) is 5.61. The van der Waals surface area contributed by atoms with E-state index in [1.165, 1.54) is 0 Å². The van der Waals surface area contributed by atoms with E-state index in [0.717, 1.165) is 0 Å². The maximum atomic E-state index is 10.5. The summed E-state index contributed by atoms with van der Waals surface area (Å²) in [4.78, 5) is 10.5. The van der Waals surface area contributed by atoms with Crippen LogP contribution in [0.1, 0.15) is 0 Å². The Balaban J connectivity index is 0.00000144. The Morgan fingerprint density at radius 1 is 1.46 bits per heavy atom. The van der Waals surface area contributed by atoms with Crippen LogP contribution in [0.4, 0.5) is 0 Å². The Kier molecular flexibility index (Phi) is 5.95. The van der Waals surface area contributed by atoms with Crippen LogP contribution < -0.4 is 68.9 Å². The molecular weight excluding hydrogens is 301 g/mol. The van der Waals surface area contributed by atoms with Gasteiger partial charge < -0.3 is 25.2 Å². The van der Waals surface area contributed by atoms with E-state index in [1.54, 1.807) is 0 Å². The van der Waals surface area contributed by atoms with Gasteiger partial charge in [-0.2, -0.15) is 0 Å². The fourth-order valence-electron chi connectivity index (χ4n) is 0.823. The standard InChI is InChI=1S/C6H8O6.Cs/c7-1-2(8)5-3(9)4(10)6(11)12-5;/h2,5,7-10H,1H2;/q;+1/t2-,5?;/m0./s1. The number of cyclic esters (lactones) is 1. The number of hydrogen-bond acceptors (Lipinski definition) is 6. The number of aliphatic hydroxyl groups excluding tert-OH is 4. The molecule has 13 heavy (non-hydrogen) atoms. The van der Waals surface area contributed by atoms with Gasteiger partial charge in [0.1, 0.15) is 6.10 Å². The van der Waals surface area contributed by atoms with Gasteiger partial charge in [-0.05, 0) is 0 Å². The number of carbonyl (C=O) groups excluding carboxylic acids is 1. The van der Waals surface area contributed by atoms with Gasteiger partial charge in [0, 0.05) is 0 Å². The van der Waals surface area contributed by atoms with E-state index >= 15 is 0 Å². The molecule has 1 aliphatic heterocycles. The molecule has 1 heterocycles. The molecule has 0 spiro atoms. The molecule has 0 aliphatic carbocycles. The van der Waals surface area contributed by atoms with Gasteiger partial charge in [0.25, 0.3) is 0 Å². The predicted octanol–water partition coefficient (Wildman–Crippen LogP) is -4.40. The summed E-state index contributed by atoms with van der Waals surface area (Å²) >= 11 is 0. The molecule has 6 nitrogen and oxygen atoms in total. The maximum absolute atomic E-state index is 10.5. The van der Waals surface area contributed by atoms with Crippen molar-refractivity contribution in [2.75, 3.05) is 6.61 Å². The molecule has 1 rings (SSSR count). The molecule has 1 aliphatic rings. The van der Waals surface area contributed by atoms with E-state index in [4.69, 9.17) is 20.4 Å². The zero-order valence-electron chi connectivity index (χ0n) is 6.97. The fraction of sp³-hybridized carbons (Fsp3) is 0.500. The molecule has 0 fully saturated rings. The number of ether oxygens (including phenoxy) is 1. The summed E-state index contributed by atoms with van der Waals surface area (Å²) in [5.74, 6) is -2.78. The van der Waals surface area contributed by atoms with E-state index < -0.39 is 36.3 Å². The Bertz CT molecular complexity index is 237. The largest absolute Gasteiger partial charge is 1.00 e. The Morgan fingerprint density at radius 2 is 2.00 bits per heavy atom. The van der Waals surface area contributed by atoms with E-state index in [2.05, 4.69) is 4.74 Å². The minimum atomic E-state index is -1.42. The number of rotatable bonds is 2. The smallest absolute Gasteiger partial charge is 0.505 e. The van der Waals surface area contributed by atoms with Crippen molar-refractivity contribution >= 4 is 5.97 Å². The van der Waals surface area contributed by atoms with Crippen LogP contribution in [-0.2, 0) is 9.53 Å². The summed E-state index contributed by atoms with van der Waals surface area (Å²) in [5.41, 5.74) is 0. The van der Waals surface area contributed by atoms with Crippen molar-refractivity contribution < 1.29 is 98.9 Å². The first-order valence-corrected chi connectivity index (χ1v) is 3.20. The minimum Gasteiger partial charge on any atom is -0.505 e. The average molecular weight is 309 g/mol. The van der Waals surface area contributed by atoms with Gasteiger partial charge in [-0.15, -0.1) is 0 Å². The number of aliphatic hydroxyl groups is 4. The average Bonchev–Trinajstić information content (AvgIpc) is 2.32. The molecule has 0 radical (unpaired) electrons. The van der Waals surface area contributed by atoms with E-state index in [9.17, 15) is 4.79 Å². The predicted molar refractivity (Wildman–Crippen MR) is 35.3 cm³/mol. The van der Waals surface area contributed by atoms with Crippen molar-refractivity contribution in [3.05, 3.63) is 11.5 Å². The van der Waals surface area contributed by atoms with Crippen LogP contribution in [-0.4, -0.2) is 45.2 Å². The van der Waals surface area contributed by atoms with Crippen LogP contribution >= 0.6 is 0 Å². The van der Waals surface area contributed by atoms with Crippen LogP contribution in [0.25, 0.3) is 0 Å². The molecule has 1 unspecified atom stereocenters. The molecular formula is C6H8CsO6+. The fourth-order valence-corrected chi connectivity index (χ4v) is 0.823. The molecule has 7 heteroatoms. The summed E-state index contributed by atoms with van der Waals surface area (Å²) in [6.45, 7) is -0.671. The van der Waals surface area contributed by atoms with Crippen LogP contribution in [0.5, 0.6) is 0 Å². The molecule has 2 atom stereocenters. The van der Waals surface area contributed by atoms with Crippen molar-refractivity contribution in [1.82, 2.24) is 0 Å². The van der Waals surface area contributed by atoms with Gasteiger partial charge >= 0.3 is 74.9 Å². The van der Waals surface area contributed by atoms with Gasteiger partial charge in [0.15, 0.2) is 11.9 Å². The molecule has 0 aromatic carbocycles. The van der Waals surface area contributed by atoms with Gasteiger partial charge in [0.2, 0.25) is 5.76 Å². The van der Waals surface area contributed by atoms with Crippen molar-refractivity contribution in [2.24, 2.45) is 0 Å². The molecule has 0 saturated heterocycles. The summed E-state index contributed by atoms with van der Waals surface area (Å²) < 4.78 is 4.32. The molecule has 0 aromatic heterocycles. The van der Waals surface area contributed by atoms with E-state index in [0.29, 0.717) is 0 Å². The minimum absolute atomic E-state index is 0. The normalized spacial score (nSPS) is 23.8. The second-order valence-corrected chi connectivity index (χ2v) is 2.31. The molecule has 68 valence electrons. The number of esters is 1. The van der Waals surface area contributed by atoms with E-state index in [1.807, 2.05) is 0 Å². The summed E-state index contributed by atoms with van der Waals surface area (Å²) in [5, 5.41) is 35.0. The molecule has 0 saturated carbocycles. The maximum Gasteiger partial charge on any atom is 1.00 e. The van der Waals surface area contributed by atoms with E-state index in [-0.39, 0.29) is 68.9 Å². The van der Waals surface area contributed by atoms with Gasteiger partial charge in [0.05, 0.1) is 6.61 Å². The second-order valence-electron chi connectivity index (χ2n) is 2.31. The summed E-state index contributed by atoms with van der Waals surface area (Å²) in [6, 6.07) is 0. The van der Waals surface area contributed by atoms with Crippen LogP contribution in [0, 0.1) is 0 Å². The summed E-state index contributed by atoms with van der Waals surface area (Å²) in [6.07, 6.45) is -2.78. The van der Waals surface area contributed by atoms with Gasteiger partial charge in [-0.1, -0.05) is 0 Å². The first-order chi connectivity index (χ1) is 5.57. The van der Waals surface area contributed by atoms with Crippen LogP contribution in [0.15, 0.2) is 11.5 Å². The third-order valence-corrected chi connectivity index (χ3v) is 1.48. The Morgan fingerprint density at radius 3 is 2.31 bits per heavy atom. The first kappa shape index (κ1) is 13.8. The Labute approximate surface area is 133 Å². The SMILES string of the molecule is O=C1OC([C@@H](O)CO)C(O)=C1O.[Cs+]. The zero-order chi connectivity index (χ0) is 9.30. The summed E-state index contributed by atoms with van der Waals surface area (Å²) in [7, 11) is 0. The molecule has 0 bridgehead atoms. The molecule has 0 amide bonds. The van der Waals surface area contributed by atoms with Gasteiger partial charge in [-0.25, -0.2) is 4.79 Å². The van der Waals surface area contributed by atoms with Crippen molar-refractivity contribution in [3.8, 4) is 0 Å². The molecule has 4 N–H and O–H groups in total. The van der Waals surface area contributed by atoms with Crippen LogP contribution in [0.3, 0.4) is 0 Å². The quantitative estimate of drug-likeness (QED) is 0.384. The monoisotopic (exact) mass is 309 g/mol. The molecule has 0 aromatic rings. The zero-order valence-corrected chi connectivity index (χ0v) is 13.2. The Hall–Kier alpha value is 0.782. The van der Waals surface area contributed by atoms with Crippen molar-refractivity contribution in [2.45, 2.75) is 12.2 Å². The van der Waals surface area contributed by atoms with Gasteiger partial charge in [-0.3, -0.25) is 0 Å². The van der Waals surface area contributed by atoms with Crippen LogP contribution in [0.2, 0.25) is 0 Å². The first-order valence-electron chi connectivity index (χ1n) is 3.20. The number of carbonyl (C=O) groups is 1. The third kappa shape index (κ3) is 2.86. The third-order valence-electron chi connectivity index (χ3n) is 1.48. The van der Waals surface area contributed by atoms with Crippen molar-refractivity contribution in [3.63, 3.8) is 0 Å².